The normalized spacial score (nSPS) is 10.4. The number of hydrogen-bond acceptors (Lipinski definition) is 3. The molecule has 0 aromatic carbocycles. The van der Waals surface area contributed by atoms with Gasteiger partial charge in [0.2, 0.25) is 0 Å². The van der Waals surface area contributed by atoms with Gasteiger partial charge in [-0.05, 0) is 31.4 Å². The molecule has 2 aromatic rings. The molecule has 0 aliphatic carbocycles. The van der Waals surface area contributed by atoms with Crippen LogP contribution in [-0.4, -0.2) is 5.78 Å². The van der Waals surface area contributed by atoms with Crippen molar-refractivity contribution < 1.29 is 9.21 Å². The van der Waals surface area contributed by atoms with Crippen molar-refractivity contribution in [1.82, 2.24) is 0 Å². The lowest BCUT2D eigenvalue weighted by molar-refractivity contribution is 0.101. The molecule has 0 bridgehead atoms. The van der Waals surface area contributed by atoms with Crippen LogP contribution in [-0.2, 0) is 0 Å². The third-order valence-corrected chi connectivity index (χ3v) is 2.95. The van der Waals surface area contributed by atoms with Gasteiger partial charge in [-0.1, -0.05) is 6.07 Å². The summed E-state index contributed by atoms with van der Waals surface area (Å²) in [5, 5.41) is 1.99. The Kier molecular flexibility index (Phi) is 2.25. The van der Waals surface area contributed by atoms with E-state index in [4.69, 9.17) is 4.42 Å². The molecule has 0 radical (unpaired) electrons. The average molecular weight is 206 g/mol. The molecule has 0 unspecified atom stereocenters. The average Bonchev–Trinajstić information content (AvgIpc) is 2.70. The number of aryl methyl sites for hydroxylation is 1. The van der Waals surface area contributed by atoms with Gasteiger partial charge >= 0.3 is 0 Å². The highest BCUT2D eigenvalue weighted by molar-refractivity contribution is 7.13. The van der Waals surface area contributed by atoms with Crippen molar-refractivity contribution in [3.8, 4) is 10.6 Å². The van der Waals surface area contributed by atoms with E-state index in [2.05, 4.69) is 0 Å². The van der Waals surface area contributed by atoms with Gasteiger partial charge in [0.1, 0.15) is 11.5 Å². The first kappa shape index (κ1) is 9.21. The molecule has 0 amide bonds. The van der Waals surface area contributed by atoms with Gasteiger partial charge in [0.15, 0.2) is 5.78 Å². The summed E-state index contributed by atoms with van der Waals surface area (Å²) < 4.78 is 5.51. The lowest BCUT2D eigenvalue weighted by atomic mass is 10.2. The van der Waals surface area contributed by atoms with Gasteiger partial charge in [0.25, 0.3) is 0 Å². The van der Waals surface area contributed by atoms with Crippen LogP contribution >= 0.6 is 11.3 Å². The quantitative estimate of drug-likeness (QED) is 0.704. The number of Topliss-reactive ketones (excluding diaryl/α,β-unsaturated/α-hetero) is 1. The van der Waals surface area contributed by atoms with Gasteiger partial charge in [-0.15, -0.1) is 11.3 Å². The first-order valence-electron chi connectivity index (χ1n) is 4.33. The van der Waals surface area contributed by atoms with Crippen LogP contribution in [0.3, 0.4) is 0 Å². The molecule has 0 aliphatic heterocycles. The SMILES string of the molecule is CC(=O)c1cc(-c2cccs2)oc1C. The third-order valence-electron chi connectivity index (χ3n) is 2.06. The Morgan fingerprint density at radius 2 is 2.29 bits per heavy atom. The molecular formula is C11H10O2S. The Labute approximate surface area is 86.2 Å². The third kappa shape index (κ3) is 1.51. The second-order valence-corrected chi connectivity index (χ2v) is 4.06. The van der Waals surface area contributed by atoms with Crippen molar-refractivity contribution in [3.63, 3.8) is 0 Å². The fourth-order valence-electron chi connectivity index (χ4n) is 1.37. The van der Waals surface area contributed by atoms with Crippen molar-refractivity contribution >= 4 is 17.1 Å². The molecule has 2 nitrogen and oxygen atoms in total. The summed E-state index contributed by atoms with van der Waals surface area (Å²) in [7, 11) is 0. The summed E-state index contributed by atoms with van der Waals surface area (Å²) >= 11 is 1.60. The van der Waals surface area contributed by atoms with E-state index in [0.717, 1.165) is 10.6 Å². The van der Waals surface area contributed by atoms with Gasteiger partial charge in [-0.3, -0.25) is 4.79 Å². The second kappa shape index (κ2) is 3.42. The smallest absolute Gasteiger partial charge is 0.163 e. The summed E-state index contributed by atoms with van der Waals surface area (Å²) in [5.41, 5.74) is 0.674. The molecule has 0 spiro atoms. The first-order valence-corrected chi connectivity index (χ1v) is 5.21. The molecule has 3 heteroatoms. The molecular weight excluding hydrogens is 196 g/mol. The molecule has 72 valence electrons. The highest BCUT2D eigenvalue weighted by atomic mass is 32.1. The number of carbonyl (C=O) groups is 1. The van der Waals surface area contributed by atoms with E-state index >= 15 is 0 Å². The molecule has 2 aromatic heterocycles. The zero-order chi connectivity index (χ0) is 10.1. The van der Waals surface area contributed by atoms with E-state index in [1.54, 1.807) is 18.3 Å². The number of rotatable bonds is 2. The highest BCUT2D eigenvalue weighted by Crippen LogP contribution is 2.28. The predicted octanol–water partition coefficient (Wildman–Crippen LogP) is 3.52. The molecule has 14 heavy (non-hydrogen) atoms. The summed E-state index contributed by atoms with van der Waals surface area (Å²) in [5.74, 6) is 1.53. The van der Waals surface area contributed by atoms with Crippen LogP contribution in [0.4, 0.5) is 0 Å². The van der Waals surface area contributed by atoms with Gasteiger partial charge in [-0.25, -0.2) is 0 Å². The van der Waals surface area contributed by atoms with E-state index in [0.29, 0.717) is 11.3 Å². The van der Waals surface area contributed by atoms with E-state index in [1.165, 1.54) is 0 Å². The van der Waals surface area contributed by atoms with Crippen LogP contribution < -0.4 is 0 Å². The summed E-state index contributed by atoms with van der Waals surface area (Å²) in [6.45, 7) is 3.36. The summed E-state index contributed by atoms with van der Waals surface area (Å²) in [6, 6.07) is 5.75. The predicted molar refractivity (Wildman–Crippen MR) is 56.8 cm³/mol. The Morgan fingerprint density at radius 3 is 2.79 bits per heavy atom. The van der Waals surface area contributed by atoms with Gasteiger partial charge in [0.05, 0.1) is 10.4 Å². The second-order valence-electron chi connectivity index (χ2n) is 3.11. The number of hydrogen-bond donors (Lipinski definition) is 0. The molecule has 2 rings (SSSR count). The van der Waals surface area contributed by atoms with E-state index < -0.39 is 0 Å². The lowest BCUT2D eigenvalue weighted by Crippen LogP contribution is -1.89. The monoisotopic (exact) mass is 206 g/mol. The fourth-order valence-corrected chi connectivity index (χ4v) is 2.05. The van der Waals surface area contributed by atoms with Gasteiger partial charge < -0.3 is 4.42 Å². The maximum absolute atomic E-state index is 11.2. The minimum atomic E-state index is 0.0501. The minimum absolute atomic E-state index is 0.0501. The Morgan fingerprint density at radius 1 is 1.50 bits per heavy atom. The van der Waals surface area contributed by atoms with Crippen molar-refractivity contribution in [2.24, 2.45) is 0 Å². The number of furan rings is 1. The minimum Gasteiger partial charge on any atom is -0.460 e. The first-order chi connectivity index (χ1) is 6.68. The van der Waals surface area contributed by atoms with Gasteiger partial charge in [0, 0.05) is 0 Å². The standard InChI is InChI=1S/C11H10O2S/c1-7(12)9-6-10(13-8(9)2)11-4-3-5-14-11/h3-6H,1-2H3. The highest BCUT2D eigenvalue weighted by Gasteiger charge is 2.12. The molecule has 2 heterocycles. The van der Waals surface area contributed by atoms with Crippen LogP contribution in [0.25, 0.3) is 10.6 Å². The largest absolute Gasteiger partial charge is 0.460 e. The Hall–Kier alpha value is -1.35. The fraction of sp³-hybridized carbons (Fsp3) is 0.182. The van der Waals surface area contributed by atoms with Crippen molar-refractivity contribution in [2.45, 2.75) is 13.8 Å². The maximum Gasteiger partial charge on any atom is 0.163 e. The number of ketones is 1. The molecule has 0 atom stereocenters. The van der Waals surface area contributed by atoms with Crippen molar-refractivity contribution in [3.05, 3.63) is 34.9 Å². The van der Waals surface area contributed by atoms with Crippen molar-refractivity contribution in [2.75, 3.05) is 0 Å². The molecule has 0 fully saturated rings. The topological polar surface area (TPSA) is 30.2 Å². The van der Waals surface area contributed by atoms with Crippen LogP contribution in [0.2, 0.25) is 0 Å². The Bertz CT molecular complexity index is 452. The van der Waals surface area contributed by atoms with E-state index in [1.807, 2.05) is 30.5 Å². The zero-order valence-electron chi connectivity index (χ0n) is 8.03. The molecule has 0 N–H and O–H groups in total. The molecule has 0 saturated carbocycles. The zero-order valence-corrected chi connectivity index (χ0v) is 8.85. The van der Waals surface area contributed by atoms with Crippen LogP contribution in [0.5, 0.6) is 0 Å². The number of thiophene rings is 1. The van der Waals surface area contributed by atoms with Crippen molar-refractivity contribution in [1.29, 1.82) is 0 Å². The van der Waals surface area contributed by atoms with Crippen LogP contribution in [0, 0.1) is 6.92 Å². The number of carbonyl (C=O) groups excluding carboxylic acids is 1. The summed E-state index contributed by atoms with van der Waals surface area (Å²) in [4.78, 5) is 12.2. The maximum atomic E-state index is 11.2. The van der Waals surface area contributed by atoms with Crippen LogP contribution in [0.15, 0.2) is 28.0 Å². The van der Waals surface area contributed by atoms with Crippen LogP contribution in [0.1, 0.15) is 23.0 Å². The molecule has 0 saturated heterocycles. The lowest BCUT2D eigenvalue weighted by Gasteiger charge is -1.87. The Balaban J connectivity index is 2.48. The van der Waals surface area contributed by atoms with E-state index in [-0.39, 0.29) is 5.78 Å². The van der Waals surface area contributed by atoms with E-state index in [9.17, 15) is 4.79 Å². The van der Waals surface area contributed by atoms with Gasteiger partial charge in [-0.2, -0.15) is 0 Å². The summed E-state index contributed by atoms with van der Waals surface area (Å²) in [6.07, 6.45) is 0. The molecule has 0 aliphatic rings.